The van der Waals surface area contributed by atoms with Gasteiger partial charge in [0.1, 0.15) is 11.3 Å². The van der Waals surface area contributed by atoms with Crippen LogP contribution in [0.15, 0.2) is 66.6 Å². The minimum atomic E-state index is -0.0952. The monoisotopic (exact) mass is 507 g/mol. The third-order valence-electron chi connectivity index (χ3n) is 6.03. The van der Waals surface area contributed by atoms with E-state index in [4.69, 9.17) is 0 Å². The average molecular weight is 508 g/mol. The van der Waals surface area contributed by atoms with Crippen LogP contribution in [-0.2, 0) is 4.79 Å². The van der Waals surface area contributed by atoms with Crippen molar-refractivity contribution in [2.45, 2.75) is 27.2 Å². The molecule has 0 saturated carbocycles. The van der Waals surface area contributed by atoms with Crippen molar-refractivity contribution in [2.24, 2.45) is 5.41 Å². The second-order valence-electron chi connectivity index (χ2n) is 10.2. The van der Waals surface area contributed by atoms with Crippen molar-refractivity contribution in [1.29, 1.82) is 0 Å². The minimum Gasteiger partial charge on any atom is -0.338 e. The highest BCUT2D eigenvalue weighted by atomic mass is 32.1. The third-order valence-corrected chi connectivity index (χ3v) is 6.93. The molecule has 0 radical (unpaired) electrons. The Kier molecular flexibility index (Phi) is 5.57. The molecule has 0 fully saturated rings. The van der Waals surface area contributed by atoms with Crippen LogP contribution in [-0.4, -0.2) is 36.0 Å². The molecular formula is C28H25N7OS. The summed E-state index contributed by atoms with van der Waals surface area (Å²) in [5.41, 5.74) is 6.53. The highest BCUT2D eigenvalue weighted by Gasteiger charge is 2.18. The van der Waals surface area contributed by atoms with Gasteiger partial charge in [0.05, 0.1) is 35.0 Å². The van der Waals surface area contributed by atoms with Crippen molar-refractivity contribution >= 4 is 44.9 Å². The largest absolute Gasteiger partial charge is 0.338 e. The van der Waals surface area contributed by atoms with Crippen molar-refractivity contribution < 1.29 is 4.79 Å². The number of amides is 1. The molecule has 0 aromatic carbocycles. The van der Waals surface area contributed by atoms with Crippen LogP contribution in [0, 0.1) is 5.41 Å². The van der Waals surface area contributed by atoms with Gasteiger partial charge in [-0.1, -0.05) is 26.8 Å². The van der Waals surface area contributed by atoms with Gasteiger partial charge < -0.3 is 10.3 Å². The maximum atomic E-state index is 12.4. The number of nitrogens with one attached hydrogen (secondary N) is 3. The number of nitrogens with zero attached hydrogens (tertiary/aromatic N) is 4. The first kappa shape index (κ1) is 23.1. The lowest BCUT2D eigenvalue weighted by atomic mass is 9.92. The number of carbonyl (C=O) groups excluding carboxylic acids is 1. The smallest absolute Gasteiger partial charge is 0.224 e. The van der Waals surface area contributed by atoms with Gasteiger partial charge in [-0.05, 0) is 41.1 Å². The Hall–Kier alpha value is -4.37. The number of rotatable bonds is 5. The zero-order valence-corrected chi connectivity index (χ0v) is 21.5. The summed E-state index contributed by atoms with van der Waals surface area (Å²) in [4.78, 5) is 30.5. The summed E-state index contributed by atoms with van der Waals surface area (Å²) in [6, 6.07) is 12.2. The molecule has 6 aromatic rings. The van der Waals surface area contributed by atoms with E-state index in [2.05, 4.69) is 59.0 Å². The molecule has 9 heteroatoms. The molecule has 6 aromatic heterocycles. The van der Waals surface area contributed by atoms with Gasteiger partial charge >= 0.3 is 0 Å². The quantitative estimate of drug-likeness (QED) is 0.241. The van der Waals surface area contributed by atoms with Gasteiger partial charge in [-0.25, -0.2) is 4.98 Å². The van der Waals surface area contributed by atoms with E-state index < -0.39 is 0 Å². The molecule has 0 aliphatic carbocycles. The second kappa shape index (κ2) is 8.94. The van der Waals surface area contributed by atoms with Crippen molar-refractivity contribution in [3.63, 3.8) is 0 Å². The Balaban J connectivity index is 1.36. The number of H-pyrrole nitrogens is 2. The maximum absolute atomic E-state index is 12.4. The van der Waals surface area contributed by atoms with Crippen molar-refractivity contribution in [3.05, 3.63) is 66.6 Å². The summed E-state index contributed by atoms with van der Waals surface area (Å²) in [6.07, 6.45) is 7.40. The lowest BCUT2D eigenvalue weighted by Crippen LogP contribution is -2.19. The van der Waals surface area contributed by atoms with Crippen LogP contribution in [0.2, 0.25) is 0 Å². The number of hydrogen-bond acceptors (Lipinski definition) is 6. The number of hydrogen-bond donors (Lipinski definition) is 3. The fraction of sp³-hybridized carbons (Fsp3) is 0.179. The first-order chi connectivity index (χ1) is 17.8. The molecule has 0 unspecified atom stereocenters. The van der Waals surface area contributed by atoms with E-state index >= 15 is 0 Å². The van der Waals surface area contributed by atoms with E-state index in [1.54, 1.807) is 29.9 Å². The van der Waals surface area contributed by atoms with Crippen LogP contribution < -0.4 is 5.32 Å². The SMILES string of the molecule is CC(C)(C)CC(=O)Nc1cncc(-c2cc3c(-c4cc5c(-c6cccs6)ccnc5[nH]4)n[nH]c3cn2)c1. The van der Waals surface area contributed by atoms with Crippen molar-refractivity contribution in [2.75, 3.05) is 5.32 Å². The zero-order valence-electron chi connectivity index (χ0n) is 20.7. The van der Waals surface area contributed by atoms with Crippen LogP contribution >= 0.6 is 11.3 Å². The molecule has 0 spiro atoms. The average Bonchev–Trinajstić information content (AvgIpc) is 3.61. The van der Waals surface area contributed by atoms with Gasteiger partial charge in [0, 0.05) is 45.6 Å². The number of anilines is 1. The second-order valence-corrected chi connectivity index (χ2v) is 11.2. The minimum absolute atomic E-state index is 0.0404. The Morgan fingerprint density at radius 1 is 1.05 bits per heavy atom. The van der Waals surface area contributed by atoms with Gasteiger partial charge in [-0.15, -0.1) is 11.3 Å². The topological polar surface area (TPSA) is 112 Å². The van der Waals surface area contributed by atoms with Crippen LogP contribution in [0.1, 0.15) is 27.2 Å². The summed E-state index contributed by atoms with van der Waals surface area (Å²) in [5, 5.41) is 14.7. The van der Waals surface area contributed by atoms with E-state index in [-0.39, 0.29) is 11.3 Å². The van der Waals surface area contributed by atoms with Gasteiger partial charge in [0.15, 0.2) is 0 Å². The number of thiophene rings is 1. The van der Waals surface area contributed by atoms with Crippen LogP contribution in [0.3, 0.4) is 0 Å². The first-order valence-corrected chi connectivity index (χ1v) is 12.8. The number of fused-ring (bicyclic) bond motifs is 2. The Bertz CT molecular complexity index is 1740. The predicted molar refractivity (Wildman–Crippen MR) is 148 cm³/mol. The van der Waals surface area contributed by atoms with Gasteiger partial charge in [-0.2, -0.15) is 5.10 Å². The lowest BCUT2D eigenvalue weighted by Gasteiger charge is -2.17. The number of aromatic amines is 2. The maximum Gasteiger partial charge on any atom is 0.224 e. The fourth-order valence-electron chi connectivity index (χ4n) is 4.42. The zero-order chi connectivity index (χ0) is 25.6. The molecule has 0 saturated heterocycles. The van der Waals surface area contributed by atoms with Crippen LogP contribution in [0.4, 0.5) is 5.69 Å². The predicted octanol–water partition coefficient (Wildman–Crippen LogP) is 6.67. The summed E-state index contributed by atoms with van der Waals surface area (Å²) in [7, 11) is 0. The molecule has 8 nitrogen and oxygen atoms in total. The lowest BCUT2D eigenvalue weighted by molar-refractivity contribution is -0.117. The normalized spacial score (nSPS) is 11.9. The fourth-order valence-corrected chi connectivity index (χ4v) is 5.18. The molecule has 6 rings (SSSR count). The molecule has 3 N–H and O–H groups in total. The molecule has 37 heavy (non-hydrogen) atoms. The first-order valence-electron chi connectivity index (χ1n) is 12.0. The molecule has 1 amide bonds. The summed E-state index contributed by atoms with van der Waals surface area (Å²) < 4.78 is 0. The highest BCUT2D eigenvalue weighted by Crippen LogP contribution is 2.35. The molecule has 0 aliphatic rings. The van der Waals surface area contributed by atoms with Crippen LogP contribution in [0.5, 0.6) is 0 Å². The Morgan fingerprint density at radius 3 is 2.76 bits per heavy atom. The molecule has 0 atom stereocenters. The molecule has 6 heterocycles. The Morgan fingerprint density at radius 2 is 1.95 bits per heavy atom. The Labute approximate surface area is 217 Å². The van der Waals surface area contributed by atoms with E-state index in [1.807, 2.05) is 45.2 Å². The molecule has 184 valence electrons. The van der Waals surface area contributed by atoms with E-state index in [9.17, 15) is 4.79 Å². The van der Waals surface area contributed by atoms with E-state index in [1.165, 1.54) is 4.88 Å². The molecule has 0 aliphatic heterocycles. The van der Waals surface area contributed by atoms with Crippen molar-refractivity contribution in [1.82, 2.24) is 30.1 Å². The van der Waals surface area contributed by atoms with E-state index in [0.29, 0.717) is 12.1 Å². The standard InChI is InChI=1S/C28H25N7OS/c1-28(2,3)12-25(36)32-17-9-16(13-29-14-17)21-11-20-23(15-31-21)34-35-26(20)22-10-19-18(24-5-4-8-37-24)6-7-30-27(19)33-22/h4-11,13-15H,12H2,1-3H3,(H,30,33)(H,32,36)(H,34,35). The summed E-state index contributed by atoms with van der Waals surface area (Å²) in [6.45, 7) is 6.11. The van der Waals surface area contributed by atoms with E-state index in [0.717, 1.165) is 50.1 Å². The number of carbonyl (C=O) groups is 1. The summed E-state index contributed by atoms with van der Waals surface area (Å²) in [5.74, 6) is -0.0404. The van der Waals surface area contributed by atoms with Crippen LogP contribution in [0.25, 0.3) is 55.0 Å². The highest BCUT2D eigenvalue weighted by molar-refractivity contribution is 7.13. The third kappa shape index (κ3) is 4.61. The van der Waals surface area contributed by atoms with Gasteiger partial charge in [-0.3, -0.25) is 19.9 Å². The number of aromatic nitrogens is 6. The summed E-state index contributed by atoms with van der Waals surface area (Å²) >= 11 is 1.70. The molecule has 0 bridgehead atoms. The number of pyridine rings is 3. The van der Waals surface area contributed by atoms with Gasteiger partial charge in [0.2, 0.25) is 5.91 Å². The van der Waals surface area contributed by atoms with Gasteiger partial charge in [0.25, 0.3) is 0 Å². The molecular weight excluding hydrogens is 482 g/mol. The van der Waals surface area contributed by atoms with Crippen molar-refractivity contribution in [3.8, 4) is 33.1 Å².